The summed E-state index contributed by atoms with van der Waals surface area (Å²) in [6.07, 6.45) is 0. The molecule has 2 saturated heterocycles. The van der Waals surface area contributed by atoms with Gasteiger partial charge in [-0.1, -0.05) is 24.3 Å². The van der Waals surface area contributed by atoms with Gasteiger partial charge in [-0.05, 0) is 49.5 Å². The number of nitrogens with zero attached hydrogens (tertiary/aromatic N) is 2. The fourth-order valence-corrected chi connectivity index (χ4v) is 6.89. The molecule has 1 amide bonds. The van der Waals surface area contributed by atoms with E-state index in [1.165, 1.54) is 12.1 Å². The van der Waals surface area contributed by atoms with E-state index in [2.05, 4.69) is 0 Å². The largest absolute Gasteiger partial charge is 0.337 e. The predicted molar refractivity (Wildman–Crippen MR) is 106 cm³/mol. The van der Waals surface area contributed by atoms with Crippen molar-refractivity contribution in [3.63, 3.8) is 0 Å². The summed E-state index contributed by atoms with van der Waals surface area (Å²) in [4.78, 5) is 16.7. The van der Waals surface area contributed by atoms with Crippen LogP contribution < -0.4 is 0 Å². The van der Waals surface area contributed by atoms with Crippen molar-refractivity contribution in [1.82, 2.24) is 9.80 Å². The van der Waals surface area contributed by atoms with Crippen molar-refractivity contribution in [2.24, 2.45) is 5.92 Å². The van der Waals surface area contributed by atoms with Gasteiger partial charge >= 0.3 is 0 Å². The number of likely N-dealkylation sites (tertiary alicyclic amines) is 1. The number of hydrogen-bond donors (Lipinski definition) is 0. The molecule has 4 rings (SSSR count). The maximum absolute atomic E-state index is 13.5. The van der Waals surface area contributed by atoms with Gasteiger partial charge in [-0.3, -0.25) is 4.79 Å². The number of amides is 1. The summed E-state index contributed by atoms with van der Waals surface area (Å²) in [5.41, 5.74) is 1.94. The molecule has 0 aliphatic carbocycles. The minimum atomic E-state index is -3.20. The molecule has 28 heavy (non-hydrogen) atoms. The van der Waals surface area contributed by atoms with Gasteiger partial charge in [0.1, 0.15) is 5.82 Å². The monoisotopic (exact) mass is 402 g/mol. The van der Waals surface area contributed by atoms with Crippen LogP contribution in [0.15, 0.2) is 48.5 Å². The molecule has 0 spiro atoms. The second-order valence-corrected chi connectivity index (χ2v) is 10.1. The third kappa shape index (κ3) is 3.33. The Labute approximate surface area is 164 Å². The zero-order valence-corrected chi connectivity index (χ0v) is 16.7. The van der Waals surface area contributed by atoms with Crippen molar-refractivity contribution in [2.45, 2.75) is 11.3 Å². The summed E-state index contributed by atoms with van der Waals surface area (Å²) in [6.45, 7) is 0.677. The van der Waals surface area contributed by atoms with E-state index in [0.717, 1.165) is 5.56 Å². The molecule has 7 heteroatoms. The Bertz CT molecular complexity index is 1020. The van der Waals surface area contributed by atoms with E-state index < -0.39 is 15.1 Å². The molecular formula is C21H23FN2O3S. The topological polar surface area (TPSA) is 57.7 Å². The molecule has 3 atom stereocenters. The van der Waals surface area contributed by atoms with Crippen molar-refractivity contribution in [2.75, 3.05) is 32.9 Å². The molecule has 2 fully saturated rings. The summed E-state index contributed by atoms with van der Waals surface area (Å²) >= 11 is 0. The summed E-state index contributed by atoms with van der Waals surface area (Å²) in [5, 5.41) is -0.491. The van der Waals surface area contributed by atoms with Gasteiger partial charge < -0.3 is 9.80 Å². The van der Waals surface area contributed by atoms with Crippen LogP contribution in [0.2, 0.25) is 0 Å². The Kier molecular flexibility index (Phi) is 4.75. The first-order valence-electron chi connectivity index (χ1n) is 9.29. The molecule has 2 aromatic carbocycles. The Balaban J connectivity index is 1.59. The predicted octanol–water partition coefficient (Wildman–Crippen LogP) is 2.29. The van der Waals surface area contributed by atoms with Gasteiger partial charge in [-0.25, -0.2) is 12.8 Å². The molecule has 0 radical (unpaired) electrons. The van der Waals surface area contributed by atoms with Crippen LogP contribution in [-0.4, -0.2) is 68.4 Å². The van der Waals surface area contributed by atoms with E-state index in [4.69, 9.17) is 0 Å². The van der Waals surface area contributed by atoms with Gasteiger partial charge in [0.05, 0.1) is 11.0 Å². The second kappa shape index (κ2) is 6.97. The van der Waals surface area contributed by atoms with Gasteiger partial charge in [0, 0.05) is 30.6 Å². The molecule has 2 aliphatic heterocycles. The third-order valence-electron chi connectivity index (χ3n) is 5.89. The normalized spacial score (nSPS) is 25.9. The molecule has 5 nitrogen and oxygen atoms in total. The molecule has 2 aromatic rings. The lowest BCUT2D eigenvalue weighted by atomic mass is 10.00. The van der Waals surface area contributed by atoms with Crippen molar-refractivity contribution in [3.8, 4) is 11.1 Å². The van der Waals surface area contributed by atoms with E-state index in [9.17, 15) is 17.6 Å². The van der Waals surface area contributed by atoms with Crippen LogP contribution in [0.5, 0.6) is 0 Å². The quantitative estimate of drug-likeness (QED) is 0.791. The zero-order chi connectivity index (χ0) is 20.1. The molecule has 0 bridgehead atoms. The fraction of sp³-hybridized carbons (Fsp3) is 0.381. The molecule has 2 aliphatic rings. The van der Waals surface area contributed by atoms with Crippen LogP contribution in [0.25, 0.3) is 11.1 Å². The van der Waals surface area contributed by atoms with Gasteiger partial charge in [0.15, 0.2) is 9.84 Å². The lowest BCUT2D eigenvalue weighted by Gasteiger charge is -2.25. The average molecular weight is 402 g/mol. The molecule has 0 unspecified atom stereocenters. The number of benzene rings is 2. The maximum Gasteiger partial charge on any atom is 0.253 e. The van der Waals surface area contributed by atoms with Gasteiger partial charge in [0.2, 0.25) is 0 Å². The van der Waals surface area contributed by atoms with E-state index >= 15 is 0 Å². The third-order valence-corrected chi connectivity index (χ3v) is 8.11. The fourth-order valence-electron chi connectivity index (χ4n) is 4.41. The van der Waals surface area contributed by atoms with E-state index in [0.29, 0.717) is 17.7 Å². The average Bonchev–Trinajstić information content (AvgIpc) is 3.20. The van der Waals surface area contributed by atoms with Crippen LogP contribution in [0.4, 0.5) is 4.39 Å². The van der Waals surface area contributed by atoms with Crippen LogP contribution in [0.1, 0.15) is 10.4 Å². The molecule has 2 heterocycles. The Morgan fingerprint density at radius 3 is 2.43 bits per heavy atom. The second-order valence-electron chi connectivity index (χ2n) is 7.86. The number of carbonyl (C=O) groups is 1. The summed E-state index contributed by atoms with van der Waals surface area (Å²) in [5.74, 6) is -0.413. The first-order chi connectivity index (χ1) is 13.3. The number of sulfone groups is 1. The molecule has 0 N–H and O–H groups in total. The van der Waals surface area contributed by atoms with Gasteiger partial charge in [-0.15, -0.1) is 0 Å². The number of rotatable bonds is 3. The minimum absolute atomic E-state index is 0.0599. The lowest BCUT2D eigenvalue weighted by Crippen LogP contribution is -2.38. The molecule has 0 saturated carbocycles. The van der Waals surface area contributed by atoms with Crippen LogP contribution in [-0.2, 0) is 9.84 Å². The highest BCUT2D eigenvalue weighted by Gasteiger charge is 2.53. The van der Waals surface area contributed by atoms with Crippen molar-refractivity contribution >= 4 is 15.7 Å². The van der Waals surface area contributed by atoms with Crippen LogP contribution in [0.3, 0.4) is 0 Å². The first kappa shape index (κ1) is 19.1. The smallest absolute Gasteiger partial charge is 0.253 e. The highest BCUT2D eigenvalue weighted by Crippen LogP contribution is 2.36. The number of carbonyl (C=O) groups excluding carboxylic acids is 1. The molecule has 0 aromatic heterocycles. The Morgan fingerprint density at radius 1 is 1.07 bits per heavy atom. The van der Waals surface area contributed by atoms with E-state index in [-0.39, 0.29) is 36.0 Å². The summed E-state index contributed by atoms with van der Waals surface area (Å²) < 4.78 is 38.6. The standard InChI is InChI=1S/C21H23FN2O3S/c1-23(2)19-13-28(26,27)20-12-24(11-18(19)20)21(25)16-7-3-5-14(9-16)15-6-4-8-17(22)10-15/h3-10,18-20H,11-13H2,1-2H3/t18-,19+,20-/m0/s1. The molecular weight excluding hydrogens is 379 g/mol. The number of hydrogen-bond acceptors (Lipinski definition) is 4. The van der Waals surface area contributed by atoms with Crippen molar-refractivity contribution < 1.29 is 17.6 Å². The minimum Gasteiger partial charge on any atom is -0.337 e. The number of halogens is 1. The van der Waals surface area contributed by atoms with Crippen molar-refractivity contribution in [1.29, 1.82) is 0 Å². The SMILES string of the molecule is CN(C)[C@@H]1CS(=O)(=O)[C@H]2CN(C(=O)c3cccc(-c4cccc(F)c4)c3)C[C@@H]12. The van der Waals surface area contributed by atoms with Gasteiger partial charge in [-0.2, -0.15) is 0 Å². The van der Waals surface area contributed by atoms with E-state index in [1.54, 1.807) is 35.2 Å². The Morgan fingerprint density at radius 2 is 1.75 bits per heavy atom. The van der Waals surface area contributed by atoms with Crippen molar-refractivity contribution in [3.05, 3.63) is 59.9 Å². The number of fused-ring (bicyclic) bond motifs is 1. The highest BCUT2D eigenvalue weighted by molar-refractivity contribution is 7.92. The zero-order valence-electron chi connectivity index (χ0n) is 15.9. The maximum atomic E-state index is 13.5. The molecule has 148 valence electrons. The highest BCUT2D eigenvalue weighted by atomic mass is 32.2. The lowest BCUT2D eigenvalue weighted by molar-refractivity contribution is 0.0779. The van der Waals surface area contributed by atoms with Gasteiger partial charge in [0.25, 0.3) is 5.91 Å². The van der Waals surface area contributed by atoms with Crippen LogP contribution >= 0.6 is 0 Å². The first-order valence-corrected chi connectivity index (χ1v) is 11.0. The van der Waals surface area contributed by atoms with E-state index in [1.807, 2.05) is 25.1 Å². The summed E-state index contributed by atoms with van der Waals surface area (Å²) in [6, 6.07) is 13.2. The van der Waals surface area contributed by atoms with Crippen LogP contribution in [0, 0.1) is 11.7 Å². The Hall–Kier alpha value is -2.25. The summed E-state index contributed by atoms with van der Waals surface area (Å²) in [7, 11) is 0.569.